The van der Waals surface area contributed by atoms with E-state index in [-0.39, 0.29) is 11.5 Å². The lowest BCUT2D eigenvalue weighted by molar-refractivity contribution is -0.137. The van der Waals surface area contributed by atoms with Crippen LogP contribution >= 0.6 is 23.8 Å². The van der Waals surface area contributed by atoms with Crippen molar-refractivity contribution in [2.24, 2.45) is 0 Å². The van der Waals surface area contributed by atoms with Gasteiger partial charge in [0.05, 0.1) is 12.5 Å². The van der Waals surface area contributed by atoms with Crippen molar-refractivity contribution in [3.63, 3.8) is 0 Å². The molecule has 0 amide bonds. The van der Waals surface area contributed by atoms with E-state index in [9.17, 15) is 9.90 Å². The number of carbonyl (C=O) groups is 1. The molecule has 0 aliphatic carbocycles. The smallest absolute Gasteiger partial charge is 0.305 e. The van der Waals surface area contributed by atoms with E-state index in [1.54, 1.807) is 36.4 Å². The number of para-hydroxylation sites is 1. The van der Waals surface area contributed by atoms with E-state index in [1.165, 1.54) is 0 Å². The average molecular weight is 429 g/mol. The summed E-state index contributed by atoms with van der Waals surface area (Å²) in [6.45, 7) is 0. The Morgan fingerprint density at radius 3 is 2.55 bits per heavy atom. The molecule has 1 aromatic heterocycles. The molecule has 0 fully saturated rings. The van der Waals surface area contributed by atoms with Gasteiger partial charge in [0.2, 0.25) is 5.88 Å². The molecule has 3 N–H and O–H groups in total. The Bertz CT molecular complexity index is 987. The lowest BCUT2D eigenvalue weighted by atomic mass is 10.0. The van der Waals surface area contributed by atoms with Crippen molar-refractivity contribution < 1.29 is 14.6 Å². The Hall–Kier alpha value is -3.23. The van der Waals surface area contributed by atoms with Gasteiger partial charge in [-0.25, -0.2) is 0 Å². The van der Waals surface area contributed by atoms with Crippen LogP contribution in [0, 0.1) is 0 Å². The van der Waals surface area contributed by atoms with E-state index in [0.29, 0.717) is 28.0 Å². The number of anilines is 1. The first-order chi connectivity index (χ1) is 14.0. The van der Waals surface area contributed by atoms with Crippen molar-refractivity contribution in [3.8, 4) is 11.6 Å². The summed E-state index contributed by atoms with van der Waals surface area (Å²) in [5, 5.41) is 23.8. The summed E-state index contributed by atoms with van der Waals surface area (Å²) in [5.41, 5.74) is 0.710. The van der Waals surface area contributed by atoms with E-state index in [0.717, 1.165) is 0 Å². The number of rotatable bonds is 7. The highest BCUT2D eigenvalue weighted by atomic mass is 35.5. The minimum absolute atomic E-state index is 0.169. The molecule has 0 spiro atoms. The van der Waals surface area contributed by atoms with Gasteiger partial charge in [0, 0.05) is 11.1 Å². The molecule has 0 unspecified atom stereocenters. The summed E-state index contributed by atoms with van der Waals surface area (Å²) in [6, 6.07) is 18.9. The molecular weight excluding hydrogens is 412 g/mol. The molecule has 0 radical (unpaired) electrons. The average Bonchev–Trinajstić information content (AvgIpc) is 2.69. The Morgan fingerprint density at radius 1 is 1.10 bits per heavy atom. The Morgan fingerprint density at radius 2 is 1.90 bits per heavy atom. The Kier molecular flexibility index (Phi) is 6.94. The first-order valence-corrected chi connectivity index (χ1v) is 9.39. The van der Waals surface area contributed by atoms with Gasteiger partial charge in [-0.2, -0.15) is 0 Å². The highest BCUT2D eigenvalue weighted by Gasteiger charge is 2.17. The fourth-order valence-corrected chi connectivity index (χ4v) is 2.96. The van der Waals surface area contributed by atoms with Gasteiger partial charge in [-0.3, -0.25) is 4.79 Å². The second-order valence-corrected chi connectivity index (χ2v) is 6.82. The summed E-state index contributed by atoms with van der Waals surface area (Å²) in [6.07, 6.45) is -0.169. The highest BCUT2D eigenvalue weighted by molar-refractivity contribution is 7.80. The van der Waals surface area contributed by atoms with Crippen LogP contribution in [0.25, 0.3) is 0 Å². The number of carboxylic acid groups (broad SMARTS) is 1. The van der Waals surface area contributed by atoms with Gasteiger partial charge in [-0.15, -0.1) is 10.2 Å². The summed E-state index contributed by atoms with van der Waals surface area (Å²) in [5.74, 6) is 0.414. The highest BCUT2D eigenvalue weighted by Crippen LogP contribution is 2.21. The molecule has 3 aromatic rings. The summed E-state index contributed by atoms with van der Waals surface area (Å²) < 4.78 is 5.59. The molecule has 148 valence electrons. The molecule has 0 saturated heterocycles. The second kappa shape index (κ2) is 9.81. The first-order valence-electron chi connectivity index (χ1n) is 8.61. The van der Waals surface area contributed by atoms with Crippen LogP contribution in [-0.4, -0.2) is 26.4 Å². The lowest BCUT2D eigenvalue weighted by Gasteiger charge is -2.19. The third-order valence-electron chi connectivity index (χ3n) is 3.78. The van der Waals surface area contributed by atoms with E-state index >= 15 is 0 Å². The topological polar surface area (TPSA) is 96.4 Å². The SMILES string of the molecule is O=C(O)C[C@@H](NC(=S)Nc1ccc(Oc2ccccc2)nn1)c1cccc(Cl)c1. The standard InChI is InChI=1S/C20H17ClN4O3S/c21-14-6-4-5-13(11-14)16(12-19(26)27)22-20(29)23-17-9-10-18(25-24-17)28-15-7-2-1-3-8-15/h1-11,16H,12H2,(H,26,27)(H2,22,23,24,29)/t16-/m1/s1. The van der Waals surface area contributed by atoms with Crippen LogP contribution in [0.2, 0.25) is 5.02 Å². The number of hydrogen-bond donors (Lipinski definition) is 3. The number of carboxylic acids is 1. The molecule has 29 heavy (non-hydrogen) atoms. The fraction of sp³-hybridized carbons (Fsp3) is 0.100. The number of halogens is 1. The number of hydrogen-bond acceptors (Lipinski definition) is 5. The molecule has 0 saturated carbocycles. The molecule has 1 heterocycles. The number of thiocarbonyl (C=S) groups is 1. The van der Waals surface area contributed by atoms with Crippen LogP contribution in [0.1, 0.15) is 18.0 Å². The molecule has 7 nitrogen and oxygen atoms in total. The number of aromatic nitrogens is 2. The third kappa shape index (κ3) is 6.41. The number of benzene rings is 2. The van der Waals surface area contributed by atoms with Crippen LogP contribution < -0.4 is 15.4 Å². The quantitative estimate of drug-likeness (QED) is 0.476. The molecule has 0 aliphatic heterocycles. The van der Waals surface area contributed by atoms with E-state index in [1.807, 2.05) is 30.3 Å². The van der Waals surface area contributed by atoms with Crippen molar-refractivity contribution in [2.75, 3.05) is 5.32 Å². The molecule has 2 aromatic carbocycles. The van der Waals surface area contributed by atoms with Crippen LogP contribution in [0.3, 0.4) is 0 Å². The van der Waals surface area contributed by atoms with Gasteiger partial charge in [-0.1, -0.05) is 41.9 Å². The number of aliphatic carboxylic acids is 1. The monoisotopic (exact) mass is 428 g/mol. The van der Waals surface area contributed by atoms with E-state index in [2.05, 4.69) is 20.8 Å². The predicted octanol–water partition coefficient (Wildman–Crippen LogP) is 4.42. The van der Waals surface area contributed by atoms with Gasteiger partial charge in [0.15, 0.2) is 10.9 Å². The zero-order valence-electron chi connectivity index (χ0n) is 15.1. The van der Waals surface area contributed by atoms with Crippen LogP contribution in [0.4, 0.5) is 5.82 Å². The molecule has 3 rings (SSSR count). The zero-order valence-corrected chi connectivity index (χ0v) is 16.7. The molecule has 9 heteroatoms. The Labute approximate surface area is 177 Å². The minimum Gasteiger partial charge on any atom is -0.481 e. The van der Waals surface area contributed by atoms with Gasteiger partial charge in [0.25, 0.3) is 0 Å². The second-order valence-electron chi connectivity index (χ2n) is 5.98. The maximum atomic E-state index is 11.2. The van der Waals surface area contributed by atoms with Gasteiger partial charge in [0.1, 0.15) is 5.75 Å². The van der Waals surface area contributed by atoms with Crippen molar-refractivity contribution in [1.82, 2.24) is 15.5 Å². The summed E-state index contributed by atoms with van der Waals surface area (Å²) >= 11 is 11.3. The van der Waals surface area contributed by atoms with E-state index < -0.39 is 12.0 Å². The molecule has 1 atom stereocenters. The first kappa shape index (κ1) is 20.5. The maximum Gasteiger partial charge on any atom is 0.305 e. The van der Waals surface area contributed by atoms with Crippen LogP contribution in [0.5, 0.6) is 11.6 Å². The molecule has 0 aliphatic rings. The van der Waals surface area contributed by atoms with Crippen molar-refractivity contribution in [2.45, 2.75) is 12.5 Å². The fourth-order valence-electron chi connectivity index (χ4n) is 2.51. The van der Waals surface area contributed by atoms with Gasteiger partial charge in [-0.05, 0) is 48.1 Å². The van der Waals surface area contributed by atoms with Gasteiger partial charge >= 0.3 is 5.97 Å². The number of nitrogens with zero attached hydrogens (tertiary/aromatic N) is 2. The lowest BCUT2D eigenvalue weighted by Crippen LogP contribution is -2.33. The van der Waals surface area contributed by atoms with Gasteiger partial charge < -0.3 is 20.5 Å². The summed E-state index contributed by atoms with van der Waals surface area (Å²) in [7, 11) is 0. The molecule has 0 bridgehead atoms. The Balaban J connectivity index is 1.63. The third-order valence-corrected chi connectivity index (χ3v) is 4.24. The predicted molar refractivity (Wildman–Crippen MR) is 114 cm³/mol. The van der Waals surface area contributed by atoms with E-state index in [4.69, 9.17) is 28.6 Å². The van der Waals surface area contributed by atoms with Crippen molar-refractivity contribution in [1.29, 1.82) is 0 Å². The zero-order chi connectivity index (χ0) is 20.6. The number of ether oxygens (including phenoxy) is 1. The van der Waals surface area contributed by atoms with Crippen LogP contribution in [-0.2, 0) is 4.79 Å². The molecular formula is C20H17ClN4O3S. The van der Waals surface area contributed by atoms with Crippen molar-refractivity contribution >= 4 is 40.7 Å². The summed E-state index contributed by atoms with van der Waals surface area (Å²) in [4.78, 5) is 11.2. The van der Waals surface area contributed by atoms with Crippen molar-refractivity contribution in [3.05, 3.63) is 77.3 Å². The number of nitrogens with one attached hydrogen (secondary N) is 2. The minimum atomic E-state index is -0.965. The van der Waals surface area contributed by atoms with Crippen LogP contribution in [0.15, 0.2) is 66.7 Å². The largest absolute Gasteiger partial charge is 0.481 e. The maximum absolute atomic E-state index is 11.2. The normalized spacial score (nSPS) is 11.3.